The SMILES string of the molecule is CCOC(=O)c1nnn(CC(=O)N2CCCC2=O)c1C. The first-order valence-electron chi connectivity index (χ1n) is 6.45. The first-order valence-corrected chi connectivity index (χ1v) is 6.45. The molecule has 0 N–H and O–H groups in total. The molecule has 0 bridgehead atoms. The molecular weight excluding hydrogens is 264 g/mol. The second kappa shape index (κ2) is 5.81. The summed E-state index contributed by atoms with van der Waals surface area (Å²) < 4.78 is 6.15. The minimum Gasteiger partial charge on any atom is -0.461 e. The van der Waals surface area contributed by atoms with Crippen molar-refractivity contribution in [1.82, 2.24) is 19.9 Å². The summed E-state index contributed by atoms with van der Waals surface area (Å²) in [5.41, 5.74) is 0.538. The molecule has 1 aromatic rings. The Hall–Kier alpha value is -2.25. The number of ether oxygens (including phenoxy) is 1. The number of carbonyl (C=O) groups is 3. The summed E-state index contributed by atoms with van der Waals surface area (Å²) in [5, 5.41) is 7.48. The van der Waals surface area contributed by atoms with Crippen molar-refractivity contribution < 1.29 is 19.1 Å². The van der Waals surface area contributed by atoms with E-state index in [1.807, 2.05) is 0 Å². The van der Waals surface area contributed by atoms with E-state index in [0.29, 0.717) is 25.1 Å². The highest BCUT2D eigenvalue weighted by atomic mass is 16.5. The van der Waals surface area contributed by atoms with Crippen LogP contribution in [-0.2, 0) is 20.9 Å². The van der Waals surface area contributed by atoms with Gasteiger partial charge in [0, 0.05) is 13.0 Å². The first-order chi connectivity index (χ1) is 9.54. The van der Waals surface area contributed by atoms with Crippen LogP contribution in [0.1, 0.15) is 35.9 Å². The zero-order valence-electron chi connectivity index (χ0n) is 11.5. The van der Waals surface area contributed by atoms with Crippen molar-refractivity contribution in [1.29, 1.82) is 0 Å². The predicted octanol–water partition coefficient (Wildman–Crippen LogP) is -0.0878. The fraction of sp³-hybridized carbons (Fsp3) is 0.583. The third-order valence-corrected chi connectivity index (χ3v) is 3.11. The zero-order chi connectivity index (χ0) is 14.7. The normalized spacial score (nSPS) is 14.7. The van der Waals surface area contributed by atoms with Gasteiger partial charge in [-0.25, -0.2) is 9.48 Å². The van der Waals surface area contributed by atoms with Gasteiger partial charge < -0.3 is 4.74 Å². The molecule has 0 aliphatic carbocycles. The predicted molar refractivity (Wildman–Crippen MR) is 66.7 cm³/mol. The molecule has 8 heteroatoms. The number of nitrogens with zero attached hydrogens (tertiary/aromatic N) is 4. The minimum atomic E-state index is -0.569. The number of rotatable bonds is 4. The van der Waals surface area contributed by atoms with Crippen LogP contribution in [0.4, 0.5) is 0 Å². The molecule has 0 saturated carbocycles. The van der Waals surface area contributed by atoms with Crippen LogP contribution in [0.15, 0.2) is 0 Å². The molecular formula is C12H16N4O4. The molecule has 8 nitrogen and oxygen atoms in total. The standard InChI is InChI=1S/C12H16N4O4/c1-3-20-12(19)11-8(2)16(14-13-11)7-10(18)15-6-4-5-9(15)17/h3-7H2,1-2H3. The molecule has 1 aromatic heterocycles. The van der Waals surface area contributed by atoms with E-state index in [4.69, 9.17) is 4.74 Å². The van der Waals surface area contributed by atoms with E-state index in [0.717, 1.165) is 0 Å². The van der Waals surface area contributed by atoms with E-state index < -0.39 is 5.97 Å². The molecule has 108 valence electrons. The van der Waals surface area contributed by atoms with Gasteiger partial charge in [-0.2, -0.15) is 0 Å². The van der Waals surface area contributed by atoms with Gasteiger partial charge in [-0.15, -0.1) is 5.10 Å². The second-order valence-corrected chi connectivity index (χ2v) is 4.44. The molecule has 2 amide bonds. The maximum Gasteiger partial charge on any atom is 0.360 e. The fourth-order valence-corrected chi connectivity index (χ4v) is 2.02. The smallest absolute Gasteiger partial charge is 0.360 e. The van der Waals surface area contributed by atoms with Gasteiger partial charge in [-0.3, -0.25) is 14.5 Å². The maximum absolute atomic E-state index is 12.0. The molecule has 2 rings (SSSR count). The molecule has 1 aliphatic heterocycles. The lowest BCUT2D eigenvalue weighted by Gasteiger charge is -2.13. The average Bonchev–Trinajstić information content (AvgIpc) is 2.97. The largest absolute Gasteiger partial charge is 0.461 e. The summed E-state index contributed by atoms with van der Waals surface area (Å²) >= 11 is 0. The average molecular weight is 280 g/mol. The summed E-state index contributed by atoms with van der Waals surface area (Å²) in [4.78, 5) is 36.3. The monoisotopic (exact) mass is 280 g/mol. The van der Waals surface area contributed by atoms with Gasteiger partial charge in [0.1, 0.15) is 6.54 Å². The van der Waals surface area contributed by atoms with Gasteiger partial charge in [0.25, 0.3) is 5.91 Å². The molecule has 1 saturated heterocycles. The number of esters is 1. The Morgan fingerprint density at radius 1 is 1.40 bits per heavy atom. The van der Waals surface area contributed by atoms with Gasteiger partial charge in [-0.05, 0) is 20.3 Å². The van der Waals surface area contributed by atoms with Crippen molar-refractivity contribution in [3.05, 3.63) is 11.4 Å². The van der Waals surface area contributed by atoms with Crippen molar-refractivity contribution in [2.24, 2.45) is 0 Å². The van der Waals surface area contributed by atoms with Gasteiger partial charge in [-0.1, -0.05) is 5.21 Å². The van der Waals surface area contributed by atoms with E-state index in [-0.39, 0.29) is 30.7 Å². The van der Waals surface area contributed by atoms with E-state index in [1.54, 1.807) is 13.8 Å². The quantitative estimate of drug-likeness (QED) is 0.715. The van der Waals surface area contributed by atoms with Gasteiger partial charge >= 0.3 is 5.97 Å². The van der Waals surface area contributed by atoms with E-state index in [2.05, 4.69) is 10.3 Å². The van der Waals surface area contributed by atoms with Gasteiger partial charge in [0.05, 0.1) is 12.3 Å². The topological polar surface area (TPSA) is 94.4 Å². The zero-order valence-corrected chi connectivity index (χ0v) is 11.5. The Kier molecular flexibility index (Phi) is 4.11. The van der Waals surface area contributed by atoms with Crippen LogP contribution in [0.25, 0.3) is 0 Å². The van der Waals surface area contributed by atoms with Crippen LogP contribution in [-0.4, -0.2) is 50.8 Å². The molecule has 1 fully saturated rings. The van der Waals surface area contributed by atoms with Crippen LogP contribution in [0.5, 0.6) is 0 Å². The van der Waals surface area contributed by atoms with Crippen LogP contribution in [0.2, 0.25) is 0 Å². The van der Waals surface area contributed by atoms with Gasteiger partial charge in [0.15, 0.2) is 5.69 Å². The summed E-state index contributed by atoms with van der Waals surface area (Å²) in [6.07, 6.45) is 1.09. The highest BCUT2D eigenvalue weighted by Crippen LogP contribution is 2.12. The summed E-state index contributed by atoms with van der Waals surface area (Å²) in [5.74, 6) is -1.07. The Bertz CT molecular complexity index is 552. The van der Waals surface area contributed by atoms with Crippen molar-refractivity contribution in [3.8, 4) is 0 Å². The molecule has 0 spiro atoms. The fourth-order valence-electron chi connectivity index (χ4n) is 2.02. The number of likely N-dealkylation sites (tertiary alicyclic amines) is 1. The Balaban J connectivity index is 2.08. The number of hydrogen-bond donors (Lipinski definition) is 0. The Labute approximate surface area is 115 Å². The third-order valence-electron chi connectivity index (χ3n) is 3.11. The Morgan fingerprint density at radius 2 is 2.15 bits per heavy atom. The molecule has 2 heterocycles. The van der Waals surface area contributed by atoms with Crippen molar-refractivity contribution in [3.63, 3.8) is 0 Å². The van der Waals surface area contributed by atoms with Crippen molar-refractivity contribution >= 4 is 17.8 Å². The minimum absolute atomic E-state index is 0.0902. The maximum atomic E-state index is 12.0. The molecule has 0 unspecified atom stereocenters. The van der Waals surface area contributed by atoms with E-state index in [9.17, 15) is 14.4 Å². The highest BCUT2D eigenvalue weighted by Gasteiger charge is 2.27. The molecule has 0 atom stereocenters. The summed E-state index contributed by atoms with van der Waals surface area (Å²) in [6.45, 7) is 3.90. The van der Waals surface area contributed by atoms with Crippen LogP contribution < -0.4 is 0 Å². The third kappa shape index (κ3) is 2.68. The van der Waals surface area contributed by atoms with Crippen LogP contribution in [0.3, 0.4) is 0 Å². The lowest BCUT2D eigenvalue weighted by molar-refractivity contribution is -0.142. The number of imide groups is 1. The molecule has 0 aromatic carbocycles. The van der Waals surface area contributed by atoms with Gasteiger partial charge in [0.2, 0.25) is 5.91 Å². The summed E-state index contributed by atoms with van der Waals surface area (Å²) in [7, 11) is 0. The number of carbonyl (C=O) groups excluding carboxylic acids is 3. The molecule has 20 heavy (non-hydrogen) atoms. The van der Waals surface area contributed by atoms with Crippen LogP contribution >= 0.6 is 0 Å². The molecule has 1 aliphatic rings. The van der Waals surface area contributed by atoms with Crippen molar-refractivity contribution in [2.45, 2.75) is 33.2 Å². The van der Waals surface area contributed by atoms with E-state index >= 15 is 0 Å². The molecule has 0 radical (unpaired) electrons. The Morgan fingerprint density at radius 3 is 2.75 bits per heavy atom. The summed E-state index contributed by atoms with van der Waals surface area (Å²) in [6, 6.07) is 0. The lowest BCUT2D eigenvalue weighted by atomic mass is 10.3. The van der Waals surface area contributed by atoms with E-state index in [1.165, 1.54) is 9.58 Å². The van der Waals surface area contributed by atoms with Crippen molar-refractivity contribution in [2.75, 3.05) is 13.2 Å². The highest BCUT2D eigenvalue weighted by molar-refractivity contribution is 5.96. The van der Waals surface area contributed by atoms with Crippen LogP contribution in [0, 0.1) is 6.92 Å². The lowest BCUT2D eigenvalue weighted by Crippen LogP contribution is -2.35. The number of hydrogen-bond acceptors (Lipinski definition) is 6. The number of aromatic nitrogens is 3. The number of amides is 2. The second-order valence-electron chi connectivity index (χ2n) is 4.44. The first kappa shape index (κ1) is 14.2.